The lowest BCUT2D eigenvalue weighted by atomic mass is 10.2. The van der Waals surface area contributed by atoms with E-state index < -0.39 is 0 Å². The standard InChI is InChI=1S/C13H20N/c1-3-10-14(11-4-2)12-13-8-6-5-7-9-13/h6-9H,3-4,10-12H2,1-2H3. The van der Waals surface area contributed by atoms with E-state index in [-0.39, 0.29) is 0 Å². The molecule has 14 heavy (non-hydrogen) atoms. The Morgan fingerprint density at radius 3 is 2.14 bits per heavy atom. The fourth-order valence-electron chi connectivity index (χ4n) is 1.69. The summed E-state index contributed by atoms with van der Waals surface area (Å²) in [6.07, 6.45) is 2.47. The van der Waals surface area contributed by atoms with E-state index in [0.29, 0.717) is 0 Å². The van der Waals surface area contributed by atoms with Crippen LogP contribution in [-0.2, 0) is 6.54 Å². The molecule has 0 aliphatic rings. The zero-order chi connectivity index (χ0) is 10.2. The largest absolute Gasteiger partial charge is 0.299 e. The molecule has 0 amide bonds. The summed E-state index contributed by atoms with van der Waals surface area (Å²) < 4.78 is 0. The molecule has 0 atom stereocenters. The molecule has 0 saturated carbocycles. The van der Waals surface area contributed by atoms with Crippen molar-refractivity contribution in [1.29, 1.82) is 0 Å². The quantitative estimate of drug-likeness (QED) is 0.666. The van der Waals surface area contributed by atoms with Crippen molar-refractivity contribution in [2.45, 2.75) is 33.2 Å². The highest BCUT2D eigenvalue weighted by Crippen LogP contribution is 2.05. The smallest absolute Gasteiger partial charge is 0.0233 e. The van der Waals surface area contributed by atoms with E-state index in [4.69, 9.17) is 0 Å². The molecular formula is C13H20N. The minimum absolute atomic E-state index is 1.08. The molecule has 0 aliphatic carbocycles. The maximum atomic E-state index is 3.05. The van der Waals surface area contributed by atoms with Crippen LogP contribution in [0.25, 0.3) is 0 Å². The molecule has 1 aromatic carbocycles. The summed E-state index contributed by atoms with van der Waals surface area (Å²) in [6, 6.07) is 11.3. The average molecular weight is 190 g/mol. The summed E-state index contributed by atoms with van der Waals surface area (Å²) in [5.74, 6) is 0. The Hall–Kier alpha value is -0.820. The van der Waals surface area contributed by atoms with Gasteiger partial charge in [0.1, 0.15) is 0 Å². The van der Waals surface area contributed by atoms with Gasteiger partial charge in [0, 0.05) is 6.54 Å². The molecule has 1 nitrogen and oxygen atoms in total. The lowest BCUT2D eigenvalue weighted by Crippen LogP contribution is -2.24. The first-order chi connectivity index (χ1) is 6.86. The van der Waals surface area contributed by atoms with Crippen LogP contribution in [0.3, 0.4) is 0 Å². The van der Waals surface area contributed by atoms with E-state index in [1.807, 2.05) is 12.1 Å². The highest BCUT2D eigenvalue weighted by atomic mass is 15.1. The van der Waals surface area contributed by atoms with Gasteiger partial charge >= 0.3 is 0 Å². The van der Waals surface area contributed by atoms with Gasteiger partial charge in [0.05, 0.1) is 0 Å². The van der Waals surface area contributed by atoms with Crippen LogP contribution < -0.4 is 0 Å². The van der Waals surface area contributed by atoms with Crippen molar-refractivity contribution in [3.63, 3.8) is 0 Å². The molecule has 77 valence electrons. The summed E-state index contributed by atoms with van der Waals surface area (Å²) >= 11 is 0. The fraction of sp³-hybridized carbons (Fsp3) is 0.538. The number of hydrogen-bond donors (Lipinski definition) is 0. The molecule has 0 aliphatic heterocycles. The third-order valence-electron chi connectivity index (χ3n) is 2.27. The van der Waals surface area contributed by atoms with Crippen LogP contribution in [0.2, 0.25) is 0 Å². The molecule has 1 heteroatoms. The Labute approximate surface area is 87.7 Å². The molecule has 0 spiro atoms. The van der Waals surface area contributed by atoms with Crippen molar-refractivity contribution in [2.24, 2.45) is 0 Å². The lowest BCUT2D eigenvalue weighted by molar-refractivity contribution is 0.266. The zero-order valence-corrected chi connectivity index (χ0v) is 9.29. The second kappa shape index (κ2) is 6.61. The molecule has 0 fully saturated rings. The normalized spacial score (nSPS) is 10.8. The molecule has 0 bridgehead atoms. The number of nitrogens with zero attached hydrogens (tertiary/aromatic N) is 1. The van der Waals surface area contributed by atoms with E-state index in [1.165, 1.54) is 31.5 Å². The third kappa shape index (κ3) is 3.93. The van der Waals surface area contributed by atoms with Crippen molar-refractivity contribution in [2.75, 3.05) is 13.1 Å². The molecule has 0 unspecified atom stereocenters. The average Bonchev–Trinajstić information content (AvgIpc) is 2.20. The van der Waals surface area contributed by atoms with E-state index in [2.05, 4.69) is 36.9 Å². The summed E-state index contributed by atoms with van der Waals surface area (Å²) in [5.41, 5.74) is 1.39. The van der Waals surface area contributed by atoms with Gasteiger partial charge in [-0.05, 0) is 37.6 Å². The number of hydrogen-bond acceptors (Lipinski definition) is 1. The Kier molecular flexibility index (Phi) is 5.31. The first kappa shape index (κ1) is 11.3. The number of rotatable bonds is 6. The van der Waals surface area contributed by atoms with E-state index >= 15 is 0 Å². The molecule has 0 heterocycles. The SMILES string of the molecule is CCCN(CCC)Cc1cc[c]cc1. The fourth-order valence-corrected chi connectivity index (χ4v) is 1.69. The Balaban J connectivity index is 2.46. The first-order valence-electron chi connectivity index (χ1n) is 5.54. The maximum absolute atomic E-state index is 3.05. The topological polar surface area (TPSA) is 3.24 Å². The van der Waals surface area contributed by atoms with Crippen molar-refractivity contribution < 1.29 is 0 Å². The van der Waals surface area contributed by atoms with Crippen LogP contribution in [0.4, 0.5) is 0 Å². The molecule has 0 N–H and O–H groups in total. The van der Waals surface area contributed by atoms with Crippen molar-refractivity contribution in [3.8, 4) is 0 Å². The van der Waals surface area contributed by atoms with Gasteiger partial charge in [-0.3, -0.25) is 4.90 Å². The second-order valence-electron chi connectivity index (χ2n) is 3.68. The number of benzene rings is 1. The highest BCUT2D eigenvalue weighted by Gasteiger charge is 2.02. The molecular weight excluding hydrogens is 170 g/mol. The van der Waals surface area contributed by atoms with Crippen LogP contribution >= 0.6 is 0 Å². The monoisotopic (exact) mass is 190 g/mol. The van der Waals surface area contributed by atoms with Crippen LogP contribution in [0.15, 0.2) is 24.3 Å². The van der Waals surface area contributed by atoms with Gasteiger partial charge < -0.3 is 0 Å². The van der Waals surface area contributed by atoms with Crippen molar-refractivity contribution in [3.05, 3.63) is 35.9 Å². The van der Waals surface area contributed by atoms with Gasteiger partial charge in [0.25, 0.3) is 0 Å². The minimum Gasteiger partial charge on any atom is -0.299 e. The predicted octanol–water partition coefficient (Wildman–Crippen LogP) is 3.11. The zero-order valence-electron chi connectivity index (χ0n) is 9.29. The molecule has 0 aromatic heterocycles. The molecule has 1 aromatic rings. The van der Waals surface area contributed by atoms with E-state index in [1.54, 1.807) is 0 Å². The van der Waals surface area contributed by atoms with Gasteiger partial charge in [-0.2, -0.15) is 0 Å². The van der Waals surface area contributed by atoms with Crippen molar-refractivity contribution >= 4 is 0 Å². The maximum Gasteiger partial charge on any atom is 0.0233 e. The van der Waals surface area contributed by atoms with Crippen molar-refractivity contribution in [1.82, 2.24) is 4.90 Å². The summed E-state index contributed by atoms with van der Waals surface area (Å²) in [7, 11) is 0. The molecule has 1 rings (SSSR count). The lowest BCUT2D eigenvalue weighted by Gasteiger charge is -2.20. The van der Waals surface area contributed by atoms with Crippen LogP contribution in [0.5, 0.6) is 0 Å². The minimum atomic E-state index is 1.08. The van der Waals surface area contributed by atoms with Gasteiger partial charge in [-0.15, -0.1) is 0 Å². The van der Waals surface area contributed by atoms with E-state index in [9.17, 15) is 0 Å². The van der Waals surface area contributed by atoms with E-state index in [0.717, 1.165) is 6.54 Å². The van der Waals surface area contributed by atoms with Crippen LogP contribution in [0, 0.1) is 6.07 Å². The van der Waals surface area contributed by atoms with Crippen LogP contribution in [0.1, 0.15) is 32.3 Å². The molecule has 1 radical (unpaired) electrons. The Bertz CT molecular complexity index is 224. The predicted molar refractivity (Wildman–Crippen MR) is 61.1 cm³/mol. The summed E-state index contributed by atoms with van der Waals surface area (Å²) in [4.78, 5) is 2.51. The first-order valence-corrected chi connectivity index (χ1v) is 5.54. The van der Waals surface area contributed by atoms with Gasteiger partial charge in [-0.25, -0.2) is 0 Å². The third-order valence-corrected chi connectivity index (χ3v) is 2.27. The van der Waals surface area contributed by atoms with Gasteiger partial charge in [-0.1, -0.05) is 38.1 Å². The van der Waals surface area contributed by atoms with Gasteiger partial charge in [0.2, 0.25) is 0 Å². The van der Waals surface area contributed by atoms with Crippen LogP contribution in [-0.4, -0.2) is 18.0 Å². The van der Waals surface area contributed by atoms with Gasteiger partial charge in [0.15, 0.2) is 0 Å². The Morgan fingerprint density at radius 2 is 1.64 bits per heavy atom. The molecule has 0 saturated heterocycles. The summed E-state index contributed by atoms with van der Waals surface area (Å²) in [6.45, 7) is 7.96. The second-order valence-corrected chi connectivity index (χ2v) is 3.68. The summed E-state index contributed by atoms with van der Waals surface area (Å²) in [5, 5.41) is 0. The highest BCUT2D eigenvalue weighted by molar-refractivity contribution is 5.13. The Morgan fingerprint density at radius 1 is 1.07 bits per heavy atom.